The molecule has 0 bridgehead atoms. The van der Waals surface area contributed by atoms with Crippen molar-refractivity contribution in [1.29, 1.82) is 0 Å². The van der Waals surface area contributed by atoms with Gasteiger partial charge in [0, 0.05) is 11.4 Å². The maximum atomic E-state index is 11.4. The fraction of sp³-hybridized carbons (Fsp3) is 0.176. The molecule has 0 aliphatic carbocycles. The number of rotatable bonds is 3. The lowest BCUT2D eigenvalue weighted by molar-refractivity contribution is -0.129. The number of fused-ring (bicyclic) bond motifs is 1. The zero-order valence-electron chi connectivity index (χ0n) is 12.8. The van der Waals surface area contributed by atoms with E-state index < -0.39 is 5.97 Å². The van der Waals surface area contributed by atoms with Gasteiger partial charge in [-0.3, -0.25) is 5.01 Å². The number of hydrogen-bond donors (Lipinski definition) is 1. The Morgan fingerprint density at radius 3 is 2.72 bits per heavy atom. The van der Waals surface area contributed by atoms with Crippen LogP contribution in [-0.4, -0.2) is 23.6 Å². The van der Waals surface area contributed by atoms with Crippen molar-refractivity contribution in [3.8, 4) is 11.5 Å². The summed E-state index contributed by atoms with van der Waals surface area (Å²) in [5.41, 5.74) is 1.51. The van der Waals surface area contributed by atoms with Crippen molar-refractivity contribution in [1.82, 2.24) is 0 Å². The minimum absolute atomic E-state index is 0.0636. The molecule has 1 atom stereocenters. The Kier molecular flexibility index (Phi) is 3.94. The first-order chi connectivity index (χ1) is 12.0. The van der Waals surface area contributed by atoms with E-state index in [2.05, 4.69) is 5.10 Å². The molecule has 4 rings (SSSR count). The van der Waals surface area contributed by atoms with Gasteiger partial charge in [0.2, 0.25) is 6.79 Å². The Balaban J connectivity index is 1.76. The summed E-state index contributed by atoms with van der Waals surface area (Å²) in [5, 5.41) is 16.1. The summed E-state index contributed by atoms with van der Waals surface area (Å²) in [6.45, 7) is 0.174. The van der Waals surface area contributed by atoms with Crippen LogP contribution in [0.5, 0.6) is 11.5 Å². The third-order valence-corrected chi connectivity index (χ3v) is 4.63. The minimum atomic E-state index is -1.06. The van der Waals surface area contributed by atoms with E-state index in [4.69, 9.17) is 32.7 Å². The van der Waals surface area contributed by atoms with Crippen LogP contribution in [0.1, 0.15) is 18.0 Å². The summed E-state index contributed by atoms with van der Waals surface area (Å²) in [4.78, 5) is 11.4. The molecular formula is C17H12Cl2N2O4. The molecule has 25 heavy (non-hydrogen) atoms. The Hall–Kier alpha value is -2.44. The summed E-state index contributed by atoms with van der Waals surface area (Å²) < 4.78 is 10.7. The maximum absolute atomic E-state index is 11.4. The van der Waals surface area contributed by atoms with Gasteiger partial charge in [-0.1, -0.05) is 29.3 Å². The van der Waals surface area contributed by atoms with Crippen LogP contribution in [0.3, 0.4) is 0 Å². The summed E-state index contributed by atoms with van der Waals surface area (Å²) in [7, 11) is 0. The van der Waals surface area contributed by atoms with Crippen molar-refractivity contribution in [3.05, 3.63) is 52.0 Å². The lowest BCUT2D eigenvalue weighted by Gasteiger charge is -2.25. The SMILES string of the molecule is O=C(O)C1=NN(c2ccc(Cl)cc2Cl)C(c2ccc3c(c2)OCO3)C1. The second-order valence-electron chi connectivity index (χ2n) is 5.62. The van der Waals surface area contributed by atoms with E-state index in [1.807, 2.05) is 12.1 Å². The molecule has 1 N–H and O–H groups in total. The Bertz CT molecular complexity index is 900. The van der Waals surface area contributed by atoms with E-state index in [-0.39, 0.29) is 25.0 Å². The number of carboxylic acid groups (broad SMARTS) is 1. The third-order valence-electron chi connectivity index (χ3n) is 4.10. The van der Waals surface area contributed by atoms with Gasteiger partial charge < -0.3 is 14.6 Å². The average molecular weight is 379 g/mol. The number of hydrazone groups is 1. The van der Waals surface area contributed by atoms with Gasteiger partial charge >= 0.3 is 5.97 Å². The van der Waals surface area contributed by atoms with E-state index in [9.17, 15) is 9.90 Å². The number of ether oxygens (including phenoxy) is 2. The topological polar surface area (TPSA) is 71.4 Å². The molecule has 0 spiro atoms. The minimum Gasteiger partial charge on any atom is -0.477 e. The monoisotopic (exact) mass is 378 g/mol. The molecule has 2 aromatic carbocycles. The van der Waals surface area contributed by atoms with Gasteiger partial charge in [0.25, 0.3) is 0 Å². The molecule has 6 nitrogen and oxygen atoms in total. The number of nitrogens with zero attached hydrogens (tertiary/aromatic N) is 2. The van der Waals surface area contributed by atoms with Gasteiger partial charge in [-0.25, -0.2) is 4.79 Å². The van der Waals surface area contributed by atoms with E-state index in [1.54, 1.807) is 29.3 Å². The first-order valence-electron chi connectivity index (χ1n) is 7.47. The van der Waals surface area contributed by atoms with Crippen LogP contribution in [0.4, 0.5) is 5.69 Å². The van der Waals surface area contributed by atoms with E-state index in [0.29, 0.717) is 27.2 Å². The molecule has 0 saturated carbocycles. The average Bonchev–Trinajstić information content (AvgIpc) is 3.21. The predicted octanol–water partition coefficient (Wildman–Crippen LogP) is 4.11. The first-order valence-corrected chi connectivity index (χ1v) is 8.23. The van der Waals surface area contributed by atoms with Crippen LogP contribution in [0.15, 0.2) is 41.5 Å². The highest BCUT2D eigenvalue weighted by Gasteiger charge is 2.34. The highest BCUT2D eigenvalue weighted by molar-refractivity contribution is 6.38. The highest BCUT2D eigenvalue weighted by atomic mass is 35.5. The summed E-state index contributed by atoms with van der Waals surface area (Å²) in [6.07, 6.45) is 0.244. The zero-order chi connectivity index (χ0) is 17.6. The third kappa shape index (κ3) is 2.88. The zero-order valence-corrected chi connectivity index (χ0v) is 14.3. The molecule has 0 saturated heterocycles. The van der Waals surface area contributed by atoms with Gasteiger partial charge in [-0.15, -0.1) is 0 Å². The number of carboxylic acids is 1. The van der Waals surface area contributed by atoms with Crippen LogP contribution in [0.25, 0.3) is 0 Å². The van der Waals surface area contributed by atoms with Gasteiger partial charge in [0.05, 0.1) is 16.8 Å². The number of benzene rings is 2. The number of carbonyl (C=O) groups is 1. The smallest absolute Gasteiger partial charge is 0.352 e. The Morgan fingerprint density at radius 2 is 1.96 bits per heavy atom. The fourth-order valence-corrected chi connectivity index (χ4v) is 3.40. The molecule has 2 heterocycles. The van der Waals surface area contributed by atoms with E-state index in [1.165, 1.54) is 0 Å². The standard InChI is InChI=1S/C17H12Cl2N2O4/c18-10-2-3-13(11(19)6-10)21-14(7-12(20-21)17(22)23)9-1-4-15-16(5-9)25-8-24-15/h1-6,14H,7-8H2,(H,22,23). The van der Waals surface area contributed by atoms with Gasteiger partial charge in [-0.05, 0) is 35.9 Å². The number of halogens is 2. The fourth-order valence-electron chi connectivity index (χ4n) is 2.91. The molecule has 2 aliphatic heterocycles. The number of aliphatic carboxylic acids is 1. The lowest BCUT2D eigenvalue weighted by atomic mass is 10.0. The van der Waals surface area contributed by atoms with Crippen molar-refractivity contribution >= 4 is 40.6 Å². The van der Waals surface area contributed by atoms with Crippen LogP contribution in [-0.2, 0) is 4.79 Å². The molecule has 1 unspecified atom stereocenters. The normalized spacial score (nSPS) is 18.4. The van der Waals surface area contributed by atoms with Crippen LogP contribution < -0.4 is 14.5 Å². The van der Waals surface area contributed by atoms with Crippen molar-refractivity contribution in [2.45, 2.75) is 12.5 Å². The Morgan fingerprint density at radius 1 is 1.16 bits per heavy atom. The Labute approximate surface area is 153 Å². The molecule has 128 valence electrons. The van der Waals surface area contributed by atoms with Crippen molar-refractivity contribution in [2.75, 3.05) is 11.8 Å². The number of anilines is 1. The highest BCUT2D eigenvalue weighted by Crippen LogP contribution is 2.42. The van der Waals surface area contributed by atoms with E-state index >= 15 is 0 Å². The quantitative estimate of drug-likeness (QED) is 0.869. The molecule has 0 radical (unpaired) electrons. The molecule has 0 amide bonds. The van der Waals surface area contributed by atoms with Crippen LogP contribution in [0.2, 0.25) is 10.0 Å². The van der Waals surface area contributed by atoms with Crippen molar-refractivity contribution in [2.24, 2.45) is 5.10 Å². The molecule has 2 aromatic rings. The van der Waals surface area contributed by atoms with Crippen LogP contribution in [0, 0.1) is 0 Å². The number of hydrogen-bond acceptors (Lipinski definition) is 5. The summed E-state index contributed by atoms with van der Waals surface area (Å²) in [5.74, 6) is 0.235. The van der Waals surface area contributed by atoms with E-state index in [0.717, 1.165) is 5.56 Å². The lowest BCUT2D eigenvalue weighted by Crippen LogP contribution is -2.19. The molecule has 0 fully saturated rings. The second kappa shape index (κ2) is 6.13. The van der Waals surface area contributed by atoms with Gasteiger partial charge in [0.1, 0.15) is 5.71 Å². The largest absolute Gasteiger partial charge is 0.477 e. The first kappa shape index (κ1) is 16.1. The summed E-state index contributed by atoms with van der Waals surface area (Å²) >= 11 is 12.3. The second-order valence-corrected chi connectivity index (χ2v) is 6.47. The molecule has 2 aliphatic rings. The molecule has 0 aromatic heterocycles. The maximum Gasteiger partial charge on any atom is 0.352 e. The van der Waals surface area contributed by atoms with Crippen molar-refractivity contribution < 1.29 is 19.4 Å². The van der Waals surface area contributed by atoms with Gasteiger partial charge in [0.15, 0.2) is 11.5 Å². The van der Waals surface area contributed by atoms with Crippen molar-refractivity contribution in [3.63, 3.8) is 0 Å². The molecule has 8 heteroatoms. The van der Waals surface area contributed by atoms with Crippen LogP contribution >= 0.6 is 23.2 Å². The predicted molar refractivity (Wildman–Crippen MR) is 93.9 cm³/mol. The summed E-state index contributed by atoms with van der Waals surface area (Å²) in [6, 6.07) is 10.2. The van der Waals surface area contributed by atoms with Gasteiger partial charge in [-0.2, -0.15) is 5.10 Å². The molecular weight excluding hydrogens is 367 g/mol.